The minimum atomic E-state index is -1.09. The summed E-state index contributed by atoms with van der Waals surface area (Å²) in [6, 6.07) is 4.78. The molecule has 1 aromatic carbocycles. The molecule has 0 bridgehead atoms. The van der Waals surface area contributed by atoms with Crippen LogP contribution in [-0.4, -0.2) is 26.5 Å². The molecule has 0 fully saturated rings. The molecule has 0 unspecified atom stereocenters. The number of hydrogen-bond acceptors (Lipinski definition) is 3. The lowest BCUT2D eigenvalue weighted by atomic mass is 10.2. The third-order valence-corrected chi connectivity index (χ3v) is 3.07. The third-order valence-electron chi connectivity index (χ3n) is 2.40. The summed E-state index contributed by atoms with van der Waals surface area (Å²) in [6.45, 7) is 0. The minimum Gasteiger partial charge on any atom is -0.478 e. The van der Waals surface area contributed by atoms with Crippen molar-refractivity contribution >= 4 is 40.2 Å². The van der Waals surface area contributed by atoms with E-state index in [-0.39, 0.29) is 16.9 Å². The van der Waals surface area contributed by atoms with Gasteiger partial charge in [0.05, 0.1) is 17.6 Å². The molecule has 0 radical (unpaired) electrons. The largest absolute Gasteiger partial charge is 0.478 e. The first-order chi connectivity index (χ1) is 8.97. The second-order valence-electron chi connectivity index (χ2n) is 3.87. The summed E-state index contributed by atoms with van der Waals surface area (Å²) in [7, 11) is 1.75. The van der Waals surface area contributed by atoms with Crippen molar-refractivity contribution in [2.24, 2.45) is 7.05 Å². The van der Waals surface area contributed by atoms with Gasteiger partial charge in [0, 0.05) is 16.8 Å². The zero-order valence-corrected chi connectivity index (χ0v) is 12.1. The van der Waals surface area contributed by atoms with Gasteiger partial charge in [-0.05, 0) is 40.8 Å². The van der Waals surface area contributed by atoms with Gasteiger partial charge in [0.2, 0.25) is 0 Å². The predicted octanol–water partition coefficient (Wildman–Crippen LogP) is 1.98. The van der Waals surface area contributed by atoms with Crippen LogP contribution in [0.5, 0.6) is 0 Å². The van der Waals surface area contributed by atoms with Crippen LogP contribution in [0.4, 0.5) is 5.69 Å². The highest BCUT2D eigenvalue weighted by Gasteiger charge is 2.15. The summed E-state index contributed by atoms with van der Waals surface area (Å²) < 4.78 is 2.42. The number of anilines is 1. The van der Waals surface area contributed by atoms with Gasteiger partial charge in [0.15, 0.2) is 0 Å². The molecule has 1 heterocycles. The van der Waals surface area contributed by atoms with Crippen LogP contribution in [0.3, 0.4) is 0 Å². The molecule has 0 saturated heterocycles. The lowest BCUT2D eigenvalue weighted by molar-refractivity contribution is 0.0698. The van der Waals surface area contributed by atoms with Crippen LogP contribution in [0, 0.1) is 3.57 Å². The highest BCUT2D eigenvalue weighted by Crippen LogP contribution is 2.19. The fraction of sp³-hybridized carbons (Fsp3) is 0.0833. The van der Waals surface area contributed by atoms with Crippen LogP contribution in [0.15, 0.2) is 30.7 Å². The van der Waals surface area contributed by atoms with Crippen LogP contribution in [-0.2, 0) is 7.05 Å². The molecule has 0 aliphatic heterocycles. The van der Waals surface area contributed by atoms with Crippen molar-refractivity contribution in [2.75, 3.05) is 5.32 Å². The monoisotopic (exact) mass is 371 g/mol. The third kappa shape index (κ3) is 3.11. The van der Waals surface area contributed by atoms with E-state index in [1.807, 2.05) is 22.6 Å². The average molecular weight is 371 g/mol. The zero-order chi connectivity index (χ0) is 14.0. The van der Waals surface area contributed by atoms with Crippen molar-refractivity contribution in [3.63, 3.8) is 0 Å². The quantitative estimate of drug-likeness (QED) is 0.809. The number of carboxylic acids is 1. The first kappa shape index (κ1) is 13.5. The summed E-state index contributed by atoms with van der Waals surface area (Å²) in [5, 5.41) is 11.7. The second kappa shape index (κ2) is 5.39. The molecule has 0 spiro atoms. The Bertz CT molecular complexity index is 651. The Morgan fingerprint density at radius 1 is 1.42 bits per heavy atom. The number of amides is 1. The van der Waals surface area contributed by atoms with Crippen molar-refractivity contribution in [3.8, 4) is 0 Å². The number of imidazole rings is 1. The maximum absolute atomic E-state index is 11.9. The van der Waals surface area contributed by atoms with Crippen molar-refractivity contribution in [2.45, 2.75) is 0 Å². The normalized spacial score (nSPS) is 10.2. The van der Waals surface area contributed by atoms with E-state index in [2.05, 4.69) is 10.3 Å². The molecule has 2 rings (SSSR count). The summed E-state index contributed by atoms with van der Waals surface area (Å²) in [6.07, 6.45) is 3.06. The maximum Gasteiger partial charge on any atom is 0.337 e. The molecule has 7 heteroatoms. The number of hydrogen-bond donors (Lipinski definition) is 2. The Morgan fingerprint density at radius 2 is 2.16 bits per heavy atom. The van der Waals surface area contributed by atoms with Crippen molar-refractivity contribution in [1.29, 1.82) is 0 Å². The standard InChI is InChI=1S/C12H10IN3O3/c1-16-5-10(14-6-16)11(17)15-9-3-2-7(13)4-8(9)12(18)19/h2-6H,1H3,(H,15,17)(H,18,19). The van der Waals surface area contributed by atoms with Gasteiger partial charge in [-0.3, -0.25) is 4.79 Å². The molecule has 19 heavy (non-hydrogen) atoms. The number of rotatable bonds is 3. The number of nitrogens with one attached hydrogen (secondary N) is 1. The SMILES string of the molecule is Cn1cnc(C(=O)Nc2ccc(I)cc2C(=O)O)c1. The summed E-state index contributed by atoms with van der Waals surface area (Å²) >= 11 is 2.01. The highest BCUT2D eigenvalue weighted by atomic mass is 127. The van der Waals surface area contributed by atoms with Crippen LogP contribution in [0.2, 0.25) is 0 Å². The number of halogens is 1. The van der Waals surface area contributed by atoms with E-state index in [0.717, 1.165) is 3.57 Å². The van der Waals surface area contributed by atoms with E-state index in [9.17, 15) is 9.59 Å². The zero-order valence-electron chi connectivity index (χ0n) is 9.92. The molecule has 0 aliphatic carbocycles. The highest BCUT2D eigenvalue weighted by molar-refractivity contribution is 14.1. The van der Waals surface area contributed by atoms with Crippen molar-refractivity contribution in [1.82, 2.24) is 9.55 Å². The molecule has 2 aromatic rings. The molecule has 1 amide bonds. The fourth-order valence-corrected chi connectivity index (χ4v) is 2.01. The van der Waals surface area contributed by atoms with Crippen molar-refractivity contribution in [3.05, 3.63) is 45.6 Å². The summed E-state index contributed by atoms with van der Waals surface area (Å²) in [5.41, 5.74) is 0.539. The smallest absolute Gasteiger partial charge is 0.337 e. The van der Waals surface area contributed by atoms with Gasteiger partial charge in [-0.15, -0.1) is 0 Å². The first-order valence-electron chi connectivity index (χ1n) is 5.29. The fourth-order valence-electron chi connectivity index (χ4n) is 1.52. The molecule has 0 saturated carbocycles. The van der Waals surface area contributed by atoms with Crippen molar-refractivity contribution < 1.29 is 14.7 Å². The molecule has 0 atom stereocenters. The van der Waals surface area contributed by atoms with Gasteiger partial charge in [-0.2, -0.15) is 0 Å². The Morgan fingerprint density at radius 3 is 2.74 bits per heavy atom. The molecule has 1 aromatic heterocycles. The molecular weight excluding hydrogens is 361 g/mol. The van der Waals surface area contributed by atoms with Gasteiger partial charge in [-0.25, -0.2) is 9.78 Å². The Kier molecular flexibility index (Phi) is 3.84. The number of aryl methyl sites for hydroxylation is 1. The Balaban J connectivity index is 2.28. The van der Waals surface area contributed by atoms with Gasteiger partial charge in [0.25, 0.3) is 5.91 Å². The molecule has 98 valence electrons. The first-order valence-corrected chi connectivity index (χ1v) is 6.37. The van der Waals surface area contributed by atoms with Gasteiger partial charge >= 0.3 is 5.97 Å². The van der Waals surface area contributed by atoms with E-state index in [1.165, 1.54) is 12.4 Å². The summed E-state index contributed by atoms with van der Waals surface area (Å²) in [5.74, 6) is -1.53. The lowest BCUT2D eigenvalue weighted by Gasteiger charge is -2.07. The van der Waals surface area contributed by atoms with Crippen LogP contribution in [0.1, 0.15) is 20.8 Å². The number of benzene rings is 1. The number of carbonyl (C=O) groups excluding carboxylic acids is 1. The molecular formula is C12H10IN3O3. The lowest BCUT2D eigenvalue weighted by Crippen LogP contribution is -2.15. The van der Waals surface area contributed by atoms with Gasteiger partial charge < -0.3 is 15.0 Å². The van der Waals surface area contributed by atoms with E-state index in [0.29, 0.717) is 0 Å². The number of aromatic carboxylic acids is 1. The minimum absolute atomic E-state index is 0.0520. The van der Waals surface area contributed by atoms with E-state index >= 15 is 0 Å². The topological polar surface area (TPSA) is 84.2 Å². The number of carboxylic acid groups (broad SMARTS) is 1. The predicted molar refractivity (Wildman–Crippen MR) is 77.3 cm³/mol. The number of nitrogens with zero attached hydrogens (tertiary/aromatic N) is 2. The maximum atomic E-state index is 11.9. The number of carbonyl (C=O) groups is 2. The van der Waals surface area contributed by atoms with E-state index in [4.69, 9.17) is 5.11 Å². The van der Waals surface area contributed by atoms with Gasteiger partial charge in [0.1, 0.15) is 5.69 Å². The molecule has 6 nitrogen and oxygen atoms in total. The number of aromatic nitrogens is 2. The second-order valence-corrected chi connectivity index (χ2v) is 5.12. The average Bonchev–Trinajstić information content (AvgIpc) is 2.78. The van der Waals surface area contributed by atoms with Crippen LogP contribution >= 0.6 is 22.6 Å². The Labute approximate surface area is 122 Å². The molecule has 0 aliphatic rings. The van der Waals surface area contributed by atoms with Crippen LogP contribution in [0.25, 0.3) is 0 Å². The van der Waals surface area contributed by atoms with E-state index < -0.39 is 11.9 Å². The molecule has 2 N–H and O–H groups in total. The summed E-state index contributed by atoms with van der Waals surface area (Å²) in [4.78, 5) is 26.9. The van der Waals surface area contributed by atoms with E-state index in [1.54, 1.807) is 29.9 Å². The van der Waals surface area contributed by atoms with Gasteiger partial charge in [-0.1, -0.05) is 0 Å². The van der Waals surface area contributed by atoms with Crippen LogP contribution < -0.4 is 5.32 Å². The Hall–Kier alpha value is -1.90.